The molecule has 0 saturated carbocycles. The van der Waals surface area contributed by atoms with Gasteiger partial charge in [-0.25, -0.2) is 4.98 Å². The number of aldehydes is 1. The van der Waals surface area contributed by atoms with Gasteiger partial charge in [0.15, 0.2) is 6.29 Å². The number of aryl methyl sites for hydroxylation is 1. The highest BCUT2D eigenvalue weighted by molar-refractivity contribution is 5.97. The predicted octanol–water partition coefficient (Wildman–Crippen LogP) is 3.35. The minimum Gasteiger partial charge on any atom is -0.345 e. The van der Waals surface area contributed by atoms with Crippen molar-refractivity contribution in [3.05, 3.63) is 53.9 Å². The van der Waals surface area contributed by atoms with E-state index in [-0.39, 0.29) is 0 Å². The molecular formula is C15H12N2O. The molecule has 1 aromatic carbocycles. The summed E-state index contributed by atoms with van der Waals surface area (Å²) < 4.78 is 0. The van der Waals surface area contributed by atoms with Crippen LogP contribution in [0.2, 0.25) is 0 Å². The van der Waals surface area contributed by atoms with E-state index in [0.29, 0.717) is 5.56 Å². The van der Waals surface area contributed by atoms with Gasteiger partial charge in [0.05, 0.1) is 0 Å². The number of nitrogens with one attached hydrogen (secondary N) is 1. The molecule has 3 aromatic rings. The van der Waals surface area contributed by atoms with E-state index < -0.39 is 0 Å². The third-order valence-corrected chi connectivity index (χ3v) is 3.07. The molecule has 0 fully saturated rings. The van der Waals surface area contributed by atoms with Crippen molar-refractivity contribution in [1.82, 2.24) is 9.97 Å². The summed E-state index contributed by atoms with van der Waals surface area (Å²) in [6, 6.07) is 10.2. The Morgan fingerprint density at radius 1 is 1.17 bits per heavy atom. The van der Waals surface area contributed by atoms with Crippen molar-refractivity contribution >= 4 is 17.3 Å². The summed E-state index contributed by atoms with van der Waals surface area (Å²) in [5, 5.41) is 0.864. The van der Waals surface area contributed by atoms with Gasteiger partial charge in [-0.3, -0.25) is 4.79 Å². The van der Waals surface area contributed by atoms with Crippen LogP contribution in [0.3, 0.4) is 0 Å². The van der Waals surface area contributed by atoms with Crippen LogP contribution >= 0.6 is 0 Å². The zero-order valence-electron chi connectivity index (χ0n) is 9.97. The van der Waals surface area contributed by atoms with Crippen LogP contribution in [0.25, 0.3) is 22.2 Å². The number of rotatable bonds is 2. The molecule has 18 heavy (non-hydrogen) atoms. The first-order valence-electron chi connectivity index (χ1n) is 5.77. The Morgan fingerprint density at radius 3 is 2.67 bits per heavy atom. The summed E-state index contributed by atoms with van der Waals surface area (Å²) in [5.41, 5.74) is 4.74. The number of carbonyl (C=O) groups excluding carboxylic acids is 1. The topological polar surface area (TPSA) is 45.8 Å². The number of benzene rings is 1. The van der Waals surface area contributed by atoms with Gasteiger partial charge in [0.2, 0.25) is 0 Å². The minimum atomic E-state index is 0.645. The van der Waals surface area contributed by atoms with E-state index in [1.807, 2.05) is 12.3 Å². The molecule has 2 aromatic heterocycles. The van der Waals surface area contributed by atoms with Crippen LogP contribution in [0.15, 0.2) is 42.7 Å². The van der Waals surface area contributed by atoms with Gasteiger partial charge >= 0.3 is 0 Å². The molecule has 2 heterocycles. The van der Waals surface area contributed by atoms with Crippen LogP contribution in [-0.4, -0.2) is 16.3 Å². The lowest BCUT2D eigenvalue weighted by Crippen LogP contribution is -1.83. The molecule has 88 valence electrons. The fraction of sp³-hybridized carbons (Fsp3) is 0.0667. The first-order chi connectivity index (χ1) is 8.78. The zero-order valence-corrected chi connectivity index (χ0v) is 9.97. The molecule has 0 bridgehead atoms. The van der Waals surface area contributed by atoms with Crippen LogP contribution < -0.4 is 0 Å². The molecule has 1 N–H and O–H groups in total. The highest BCUT2D eigenvalue weighted by atomic mass is 16.1. The van der Waals surface area contributed by atoms with Crippen molar-refractivity contribution in [1.29, 1.82) is 0 Å². The Bertz CT molecular complexity index is 711. The van der Waals surface area contributed by atoms with Crippen molar-refractivity contribution in [2.24, 2.45) is 0 Å². The third-order valence-electron chi connectivity index (χ3n) is 3.07. The van der Waals surface area contributed by atoms with Gasteiger partial charge in [-0.2, -0.15) is 0 Å². The largest absolute Gasteiger partial charge is 0.345 e. The Balaban J connectivity index is 2.17. The van der Waals surface area contributed by atoms with E-state index in [1.54, 1.807) is 6.20 Å². The van der Waals surface area contributed by atoms with Crippen molar-refractivity contribution in [3.63, 3.8) is 0 Å². The van der Waals surface area contributed by atoms with Gasteiger partial charge < -0.3 is 4.98 Å². The average Bonchev–Trinajstić information content (AvgIpc) is 2.81. The van der Waals surface area contributed by atoms with Gasteiger partial charge in [0.1, 0.15) is 5.65 Å². The standard InChI is InChI=1S/C15H12N2O/c1-10-2-4-11(5-3-10)12-6-14-13(9-18)8-17-15(14)16-7-12/h2-9H,1H3,(H,16,17). The highest BCUT2D eigenvalue weighted by Crippen LogP contribution is 2.24. The predicted molar refractivity (Wildman–Crippen MR) is 71.7 cm³/mol. The van der Waals surface area contributed by atoms with E-state index >= 15 is 0 Å². The summed E-state index contributed by atoms with van der Waals surface area (Å²) in [7, 11) is 0. The average molecular weight is 236 g/mol. The van der Waals surface area contributed by atoms with Crippen molar-refractivity contribution in [2.75, 3.05) is 0 Å². The first-order valence-corrected chi connectivity index (χ1v) is 5.77. The number of hydrogen-bond donors (Lipinski definition) is 1. The molecular weight excluding hydrogens is 224 g/mol. The van der Waals surface area contributed by atoms with Crippen molar-refractivity contribution < 1.29 is 4.79 Å². The Hall–Kier alpha value is -2.42. The van der Waals surface area contributed by atoms with Crippen LogP contribution in [0.1, 0.15) is 15.9 Å². The van der Waals surface area contributed by atoms with E-state index in [4.69, 9.17) is 0 Å². The summed E-state index contributed by atoms with van der Waals surface area (Å²) in [6.45, 7) is 2.06. The number of carbonyl (C=O) groups is 1. The summed E-state index contributed by atoms with van der Waals surface area (Å²) in [5.74, 6) is 0. The van der Waals surface area contributed by atoms with E-state index in [1.165, 1.54) is 5.56 Å². The lowest BCUT2D eigenvalue weighted by Gasteiger charge is -2.02. The maximum Gasteiger partial charge on any atom is 0.152 e. The van der Waals surface area contributed by atoms with Crippen LogP contribution in [0, 0.1) is 6.92 Å². The number of H-pyrrole nitrogens is 1. The van der Waals surface area contributed by atoms with Crippen molar-refractivity contribution in [2.45, 2.75) is 6.92 Å². The van der Waals surface area contributed by atoms with Crippen molar-refractivity contribution in [3.8, 4) is 11.1 Å². The normalized spacial score (nSPS) is 10.7. The molecule has 0 unspecified atom stereocenters. The molecule has 0 amide bonds. The maximum absolute atomic E-state index is 10.9. The lowest BCUT2D eigenvalue weighted by molar-refractivity contribution is 0.112. The first kappa shape index (κ1) is 10.7. The van der Waals surface area contributed by atoms with Gasteiger partial charge in [0, 0.05) is 28.9 Å². The zero-order chi connectivity index (χ0) is 12.5. The fourth-order valence-corrected chi connectivity index (χ4v) is 2.03. The Morgan fingerprint density at radius 2 is 1.94 bits per heavy atom. The number of aromatic amines is 1. The Kier molecular flexibility index (Phi) is 2.45. The second-order valence-electron chi connectivity index (χ2n) is 4.35. The number of aromatic nitrogens is 2. The smallest absolute Gasteiger partial charge is 0.152 e. The number of nitrogens with zero attached hydrogens (tertiary/aromatic N) is 1. The Labute approximate surface area is 104 Å². The van der Waals surface area contributed by atoms with Gasteiger partial charge in [-0.15, -0.1) is 0 Å². The van der Waals surface area contributed by atoms with Gasteiger partial charge in [0.25, 0.3) is 0 Å². The highest BCUT2D eigenvalue weighted by Gasteiger charge is 2.06. The monoisotopic (exact) mass is 236 g/mol. The summed E-state index contributed by atoms with van der Waals surface area (Å²) in [6.07, 6.45) is 4.35. The quantitative estimate of drug-likeness (QED) is 0.693. The van der Waals surface area contributed by atoms with Crippen LogP contribution in [0.4, 0.5) is 0 Å². The second kappa shape index (κ2) is 4.11. The molecule has 0 saturated heterocycles. The molecule has 0 atom stereocenters. The molecule has 0 aliphatic carbocycles. The molecule has 0 aliphatic heterocycles. The van der Waals surface area contributed by atoms with Gasteiger partial charge in [-0.1, -0.05) is 29.8 Å². The molecule has 0 aliphatic rings. The van der Waals surface area contributed by atoms with E-state index in [0.717, 1.165) is 28.4 Å². The van der Waals surface area contributed by atoms with E-state index in [9.17, 15) is 4.79 Å². The van der Waals surface area contributed by atoms with Crippen LogP contribution in [0.5, 0.6) is 0 Å². The maximum atomic E-state index is 10.9. The minimum absolute atomic E-state index is 0.645. The molecule has 0 radical (unpaired) electrons. The molecule has 0 spiro atoms. The lowest BCUT2D eigenvalue weighted by atomic mass is 10.0. The third kappa shape index (κ3) is 1.70. The fourth-order valence-electron chi connectivity index (χ4n) is 2.03. The SMILES string of the molecule is Cc1ccc(-c2cnc3[nH]cc(C=O)c3c2)cc1. The molecule has 3 rings (SSSR count). The second-order valence-corrected chi connectivity index (χ2v) is 4.35. The van der Waals surface area contributed by atoms with Crippen LogP contribution in [-0.2, 0) is 0 Å². The van der Waals surface area contributed by atoms with Gasteiger partial charge in [-0.05, 0) is 18.6 Å². The summed E-state index contributed by atoms with van der Waals surface area (Å²) in [4.78, 5) is 18.2. The number of hydrogen-bond acceptors (Lipinski definition) is 2. The molecule has 3 heteroatoms. The number of fused-ring (bicyclic) bond motifs is 1. The molecule has 3 nitrogen and oxygen atoms in total. The van der Waals surface area contributed by atoms with E-state index in [2.05, 4.69) is 41.2 Å². The number of pyridine rings is 1. The summed E-state index contributed by atoms with van der Waals surface area (Å²) >= 11 is 0.